The number of carbonyl (C=O) groups excluding carboxylic acids is 2. The monoisotopic (exact) mass is 332 g/mol. The number of hydrogen-bond acceptors (Lipinski definition) is 4. The smallest absolute Gasteiger partial charge is 0.326 e. The number of aliphatic carboxylic acids is 1. The van der Waals surface area contributed by atoms with Gasteiger partial charge in [-0.15, -0.1) is 0 Å². The highest BCUT2D eigenvalue weighted by Crippen LogP contribution is 2.19. The van der Waals surface area contributed by atoms with E-state index >= 15 is 0 Å². The summed E-state index contributed by atoms with van der Waals surface area (Å²) in [6.45, 7) is 0. The normalized spacial score (nSPS) is 13.4. The number of nitrogens with one attached hydrogen (secondary N) is 2. The number of carbonyl (C=O) groups is 3. The molecule has 1 aromatic heterocycles. The van der Waals surface area contributed by atoms with E-state index in [0.29, 0.717) is 0 Å². The van der Waals surface area contributed by atoms with Crippen LogP contribution in [0.3, 0.4) is 0 Å². The Labute approximate surface area is 138 Å². The number of fused-ring (bicyclic) bond motifs is 1. The lowest BCUT2D eigenvalue weighted by atomic mass is 10.0. The molecule has 2 unspecified atom stereocenters. The van der Waals surface area contributed by atoms with Crippen molar-refractivity contribution in [1.82, 2.24) is 10.3 Å². The lowest BCUT2D eigenvalue weighted by Gasteiger charge is -2.15. The second-order valence-electron chi connectivity index (χ2n) is 5.57. The topological polar surface area (TPSA) is 151 Å². The van der Waals surface area contributed by atoms with Crippen molar-refractivity contribution in [3.05, 3.63) is 36.0 Å². The van der Waals surface area contributed by atoms with Crippen LogP contribution < -0.4 is 16.8 Å². The molecule has 0 aliphatic carbocycles. The fraction of sp³-hybridized carbons (Fsp3) is 0.312. The zero-order chi connectivity index (χ0) is 17.7. The van der Waals surface area contributed by atoms with Gasteiger partial charge >= 0.3 is 5.97 Å². The van der Waals surface area contributed by atoms with Crippen molar-refractivity contribution < 1.29 is 19.5 Å². The van der Waals surface area contributed by atoms with E-state index in [-0.39, 0.29) is 19.3 Å². The number of hydrogen-bond donors (Lipinski definition) is 5. The lowest BCUT2D eigenvalue weighted by molar-refractivity contribution is -0.141. The molecule has 8 nitrogen and oxygen atoms in total. The number of para-hydroxylation sites is 1. The maximum Gasteiger partial charge on any atom is 0.326 e. The molecule has 0 saturated carbocycles. The van der Waals surface area contributed by atoms with Crippen LogP contribution in [-0.2, 0) is 20.8 Å². The molecule has 2 amide bonds. The van der Waals surface area contributed by atoms with Gasteiger partial charge in [0.15, 0.2) is 0 Å². The summed E-state index contributed by atoms with van der Waals surface area (Å²) in [6.07, 6.45) is 1.88. The Balaban J connectivity index is 2.01. The van der Waals surface area contributed by atoms with Gasteiger partial charge in [0.05, 0.1) is 6.04 Å². The molecule has 7 N–H and O–H groups in total. The Morgan fingerprint density at radius 1 is 1.25 bits per heavy atom. The first kappa shape index (κ1) is 17.5. The Morgan fingerprint density at radius 2 is 1.96 bits per heavy atom. The summed E-state index contributed by atoms with van der Waals surface area (Å²) >= 11 is 0. The van der Waals surface area contributed by atoms with Gasteiger partial charge in [-0.1, -0.05) is 18.2 Å². The van der Waals surface area contributed by atoms with Crippen molar-refractivity contribution in [2.75, 3.05) is 0 Å². The average molecular weight is 332 g/mol. The van der Waals surface area contributed by atoms with Gasteiger partial charge in [-0.25, -0.2) is 4.79 Å². The third-order valence-corrected chi connectivity index (χ3v) is 3.78. The molecule has 0 bridgehead atoms. The molecule has 24 heavy (non-hydrogen) atoms. The fourth-order valence-corrected chi connectivity index (χ4v) is 2.42. The molecule has 0 radical (unpaired) electrons. The first-order valence-corrected chi connectivity index (χ1v) is 7.50. The Kier molecular flexibility index (Phi) is 5.54. The average Bonchev–Trinajstić information content (AvgIpc) is 2.95. The van der Waals surface area contributed by atoms with Crippen molar-refractivity contribution >= 4 is 28.7 Å². The van der Waals surface area contributed by atoms with E-state index in [4.69, 9.17) is 11.5 Å². The van der Waals surface area contributed by atoms with E-state index in [9.17, 15) is 19.5 Å². The van der Waals surface area contributed by atoms with Crippen LogP contribution in [0.25, 0.3) is 10.9 Å². The number of amides is 2. The number of carboxylic acid groups (broad SMARTS) is 1. The summed E-state index contributed by atoms with van der Waals surface area (Å²) in [7, 11) is 0. The number of H-pyrrole nitrogens is 1. The lowest BCUT2D eigenvalue weighted by Crippen LogP contribution is -2.43. The summed E-state index contributed by atoms with van der Waals surface area (Å²) in [6, 6.07) is 5.51. The third-order valence-electron chi connectivity index (χ3n) is 3.78. The molecule has 1 aromatic carbocycles. The summed E-state index contributed by atoms with van der Waals surface area (Å²) < 4.78 is 0. The minimum Gasteiger partial charge on any atom is -0.480 e. The molecular formula is C16H20N4O4. The van der Waals surface area contributed by atoms with E-state index in [1.54, 1.807) is 6.20 Å². The second-order valence-corrected chi connectivity index (χ2v) is 5.57. The summed E-state index contributed by atoms with van der Waals surface area (Å²) in [5, 5.41) is 12.7. The quantitative estimate of drug-likeness (QED) is 0.456. The van der Waals surface area contributed by atoms with Crippen LogP contribution in [0.5, 0.6) is 0 Å². The van der Waals surface area contributed by atoms with E-state index in [1.165, 1.54) is 0 Å². The summed E-state index contributed by atoms with van der Waals surface area (Å²) in [5.74, 6) is -2.32. The number of carboxylic acids is 1. The fourth-order valence-electron chi connectivity index (χ4n) is 2.42. The third kappa shape index (κ3) is 4.32. The van der Waals surface area contributed by atoms with E-state index in [2.05, 4.69) is 10.3 Å². The van der Waals surface area contributed by atoms with E-state index < -0.39 is 29.9 Å². The Morgan fingerprint density at radius 3 is 2.62 bits per heavy atom. The Hall–Kier alpha value is -2.87. The van der Waals surface area contributed by atoms with Crippen LogP contribution in [0.1, 0.15) is 18.4 Å². The number of aromatic amines is 1. The summed E-state index contributed by atoms with van der Waals surface area (Å²) in [5.41, 5.74) is 12.2. The van der Waals surface area contributed by atoms with Crippen molar-refractivity contribution in [2.45, 2.75) is 31.3 Å². The molecule has 0 aliphatic heterocycles. The molecule has 8 heteroatoms. The largest absolute Gasteiger partial charge is 0.480 e. The van der Waals surface area contributed by atoms with Gasteiger partial charge in [-0.3, -0.25) is 9.59 Å². The maximum atomic E-state index is 11.9. The molecule has 1 heterocycles. The zero-order valence-corrected chi connectivity index (χ0v) is 13.0. The molecule has 2 aromatic rings. The van der Waals surface area contributed by atoms with Gasteiger partial charge in [0.1, 0.15) is 6.04 Å². The standard InChI is InChI=1S/C16H20N4O4/c17-11(15(18)22)5-6-14(21)20-13(16(23)24)7-9-8-19-12-4-2-1-3-10(9)12/h1-4,8,11,13,19H,5-7,17H2,(H2,18,22)(H,20,21)(H,23,24). The first-order chi connectivity index (χ1) is 11.4. The maximum absolute atomic E-state index is 11.9. The molecule has 0 spiro atoms. The van der Waals surface area contributed by atoms with Crippen LogP contribution in [0.15, 0.2) is 30.5 Å². The predicted octanol–water partition coefficient (Wildman–Crippen LogP) is -0.127. The number of primary amides is 1. The molecule has 128 valence electrons. The van der Waals surface area contributed by atoms with Gasteiger partial charge in [-0.2, -0.15) is 0 Å². The van der Waals surface area contributed by atoms with Crippen LogP contribution >= 0.6 is 0 Å². The minimum atomic E-state index is -1.13. The molecule has 0 saturated heterocycles. The van der Waals surface area contributed by atoms with Crippen molar-refractivity contribution in [3.8, 4) is 0 Å². The van der Waals surface area contributed by atoms with Crippen LogP contribution in [0, 0.1) is 0 Å². The SMILES string of the molecule is NC(=O)C(N)CCC(=O)NC(Cc1c[nH]c2ccccc12)C(=O)O. The van der Waals surface area contributed by atoms with Gasteiger partial charge in [-0.05, 0) is 18.1 Å². The minimum absolute atomic E-state index is 0.0677. The van der Waals surface area contributed by atoms with Crippen molar-refractivity contribution in [2.24, 2.45) is 11.5 Å². The van der Waals surface area contributed by atoms with Crippen molar-refractivity contribution in [3.63, 3.8) is 0 Å². The molecule has 2 atom stereocenters. The van der Waals surface area contributed by atoms with E-state index in [0.717, 1.165) is 16.5 Å². The van der Waals surface area contributed by atoms with Crippen molar-refractivity contribution in [1.29, 1.82) is 0 Å². The molecular weight excluding hydrogens is 312 g/mol. The number of rotatable bonds is 8. The van der Waals surface area contributed by atoms with Crippen LogP contribution in [0.2, 0.25) is 0 Å². The van der Waals surface area contributed by atoms with Gasteiger partial charge in [0, 0.05) is 29.9 Å². The number of benzene rings is 1. The highest BCUT2D eigenvalue weighted by molar-refractivity contribution is 5.87. The van der Waals surface area contributed by atoms with Gasteiger partial charge in [0.2, 0.25) is 11.8 Å². The first-order valence-electron chi connectivity index (χ1n) is 7.50. The highest BCUT2D eigenvalue weighted by atomic mass is 16.4. The molecule has 2 rings (SSSR count). The zero-order valence-electron chi connectivity index (χ0n) is 13.0. The molecule has 0 aliphatic rings. The molecule has 0 fully saturated rings. The summed E-state index contributed by atoms with van der Waals surface area (Å²) in [4.78, 5) is 37.2. The Bertz CT molecular complexity index is 755. The van der Waals surface area contributed by atoms with E-state index in [1.807, 2.05) is 24.3 Å². The number of aromatic nitrogens is 1. The second kappa shape index (κ2) is 7.60. The predicted molar refractivity (Wildman–Crippen MR) is 88.0 cm³/mol. The number of nitrogens with two attached hydrogens (primary N) is 2. The van der Waals surface area contributed by atoms with Gasteiger partial charge in [0.25, 0.3) is 0 Å². The van der Waals surface area contributed by atoms with Gasteiger partial charge < -0.3 is 26.9 Å². The van der Waals surface area contributed by atoms with Crippen LogP contribution in [0.4, 0.5) is 0 Å². The van der Waals surface area contributed by atoms with Crippen LogP contribution in [-0.4, -0.2) is 40.0 Å². The highest BCUT2D eigenvalue weighted by Gasteiger charge is 2.22.